The highest BCUT2D eigenvalue weighted by Gasteiger charge is 2.09. The molecule has 1 heterocycles. The number of carbonyl (C=O) groups excluding carboxylic acids is 1. The number of benzene rings is 2. The number of carbonyl (C=O) groups is 1. The SMILES string of the molecule is Cc1ccc(C(=O)c2ccc(-n3ncc(=O)[nH]c3=O)cc2)cc1. The Morgan fingerprint density at radius 2 is 1.52 bits per heavy atom. The van der Waals surface area contributed by atoms with Crippen LogP contribution in [-0.4, -0.2) is 20.5 Å². The van der Waals surface area contributed by atoms with Gasteiger partial charge in [-0.15, -0.1) is 0 Å². The zero-order valence-electron chi connectivity index (χ0n) is 12.3. The molecule has 0 aliphatic heterocycles. The standard InChI is InChI=1S/C17H13N3O3/c1-11-2-4-12(5-3-11)16(22)13-6-8-14(9-7-13)20-17(23)19-15(21)10-18-20/h2-10H,1H3,(H,19,21,23). The van der Waals surface area contributed by atoms with E-state index in [0.29, 0.717) is 16.8 Å². The summed E-state index contributed by atoms with van der Waals surface area (Å²) in [6.07, 6.45) is 1.02. The smallest absolute Gasteiger partial charge is 0.289 e. The Bertz CT molecular complexity index is 967. The van der Waals surface area contributed by atoms with Crippen LogP contribution in [0.5, 0.6) is 0 Å². The molecule has 0 aliphatic rings. The highest BCUT2D eigenvalue weighted by Crippen LogP contribution is 2.13. The van der Waals surface area contributed by atoms with Crippen LogP contribution in [0.2, 0.25) is 0 Å². The van der Waals surface area contributed by atoms with Crippen LogP contribution in [-0.2, 0) is 0 Å². The summed E-state index contributed by atoms with van der Waals surface area (Å²) in [5.41, 5.74) is 1.47. The summed E-state index contributed by atoms with van der Waals surface area (Å²) in [6.45, 7) is 1.96. The van der Waals surface area contributed by atoms with E-state index in [1.165, 1.54) is 0 Å². The predicted molar refractivity (Wildman–Crippen MR) is 85.1 cm³/mol. The quantitative estimate of drug-likeness (QED) is 0.742. The summed E-state index contributed by atoms with van der Waals surface area (Å²) in [5, 5.41) is 3.77. The molecule has 0 amide bonds. The molecule has 0 spiro atoms. The van der Waals surface area contributed by atoms with E-state index in [4.69, 9.17) is 0 Å². The van der Waals surface area contributed by atoms with Crippen molar-refractivity contribution in [3.8, 4) is 5.69 Å². The second kappa shape index (κ2) is 5.84. The molecule has 0 unspecified atom stereocenters. The third-order valence-corrected chi connectivity index (χ3v) is 3.40. The Morgan fingerprint density at radius 1 is 0.957 bits per heavy atom. The van der Waals surface area contributed by atoms with E-state index in [1.54, 1.807) is 36.4 Å². The number of hydrogen-bond donors (Lipinski definition) is 1. The minimum atomic E-state index is -0.630. The van der Waals surface area contributed by atoms with Crippen molar-refractivity contribution < 1.29 is 4.79 Å². The highest BCUT2D eigenvalue weighted by atomic mass is 16.2. The number of nitrogens with one attached hydrogen (secondary N) is 1. The van der Waals surface area contributed by atoms with Crippen molar-refractivity contribution in [3.63, 3.8) is 0 Å². The van der Waals surface area contributed by atoms with Crippen LogP contribution >= 0.6 is 0 Å². The molecule has 0 fully saturated rings. The van der Waals surface area contributed by atoms with Crippen LogP contribution in [0.3, 0.4) is 0 Å². The zero-order chi connectivity index (χ0) is 16.4. The molecule has 0 atom stereocenters. The van der Waals surface area contributed by atoms with Crippen molar-refractivity contribution in [1.82, 2.24) is 14.8 Å². The fraction of sp³-hybridized carbons (Fsp3) is 0.0588. The zero-order valence-corrected chi connectivity index (χ0v) is 12.3. The molecule has 6 nitrogen and oxygen atoms in total. The average Bonchev–Trinajstić information content (AvgIpc) is 2.55. The minimum Gasteiger partial charge on any atom is -0.289 e. The first-order chi connectivity index (χ1) is 11.0. The Morgan fingerprint density at radius 3 is 2.09 bits per heavy atom. The second-order valence-electron chi connectivity index (χ2n) is 5.09. The number of aryl methyl sites for hydroxylation is 1. The topological polar surface area (TPSA) is 84.8 Å². The van der Waals surface area contributed by atoms with Gasteiger partial charge in [-0.3, -0.25) is 14.6 Å². The van der Waals surface area contributed by atoms with Gasteiger partial charge >= 0.3 is 5.69 Å². The lowest BCUT2D eigenvalue weighted by atomic mass is 10.0. The van der Waals surface area contributed by atoms with E-state index in [2.05, 4.69) is 10.1 Å². The van der Waals surface area contributed by atoms with E-state index >= 15 is 0 Å². The first-order valence-electron chi connectivity index (χ1n) is 6.95. The predicted octanol–water partition coefficient (Wildman–Crippen LogP) is 1.46. The van der Waals surface area contributed by atoms with E-state index in [0.717, 1.165) is 16.4 Å². The number of nitrogens with zero attached hydrogens (tertiary/aromatic N) is 2. The third kappa shape index (κ3) is 3.01. The van der Waals surface area contributed by atoms with Gasteiger partial charge < -0.3 is 0 Å². The lowest BCUT2D eigenvalue weighted by Gasteiger charge is -2.05. The van der Waals surface area contributed by atoms with Gasteiger partial charge in [0.05, 0.1) is 5.69 Å². The van der Waals surface area contributed by atoms with Gasteiger partial charge in [-0.05, 0) is 31.2 Å². The maximum atomic E-state index is 12.4. The molecule has 0 radical (unpaired) electrons. The molecule has 0 saturated carbocycles. The normalized spacial score (nSPS) is 10.5. The maximum absolute atomic E-state index is 12.4. The van der Waals surface area contributed by atoms with Crippen LogP contribution in [0.15, 0.2) is 64.3 Å². The third-order valence-electron chi connectivity index (χ3n) is 3.40. The lowest BCUT2D eigenvalue weighted by molar-refractivity contribution is 0.103. The van der Waals surface area contributed by atoms with E-state index < -0.39 is 11.2 Å². The van der Waals surface area contributed by atoms with Crippen molar-refractivity contribution in [2.75, 3.05) is 0 Å². The van der Waals surface area contributed by atoms with E-state index in [1.807, 2.05) is 19.1 Å². The van der Waals surface area contributed by atoms with Crippen molar-refractivity contribution in [2.45, 2.75) is 6.92 Å². The Kier molecular flexibility index (Phi) is 3.72. The van der Waals surface area contributed by atoms with Crippen LogP contribution in [0, 0.1) is 6.92 Å². The molecule has 1 N–H and O–H groups in total. The van der Waals surface area contributed by atoms with Crippen molar-refractivity contribution in [2.24, 2.45) is 0 Å². The first-order valence-corrected chi connectivity index (χ1v) is 6.95. The van der Waals surface area contributed by atoms with E-state index in [9.17, 15) is 14.4 Å². The molecule has 1 aromatic heterocycles. The van der Waals surface area contributed by atoms with Gasteiger partial charge in [0.15, 0.2) is 5.78 Å². The molecule has 114 valence electrons. The van der Waals surface area contributed by atoms with Crippen molar-refractivity contribution >= 4 is 5.78 Å². The molecule has 2 aromatic carbocycles. The molecular weight excluding hydrogens is 294 g/mol. The van der Waals surface area contributed by atoms with Gasteiger partial charge in [0.25, 0.3) is 5.56 Å². The van der Waals surface area contributed by atoms with E-state index in [-0.39, 0.29) is 5.78 Å². The van der Waals surface area contributed by atoms with Crippen LogP contribution in [0.4, 0.5) is 0 Å². The van der Waals surface area contributed by atoms with Gasteiger partial charge in [0.1, 0.15) is 6.20 Å². The van der Waals surface area contributed by atoms with Crippen LogP contribution in [0.25, 0.3) is 5.69 Å². The Balaban J connectivity index is 1.93. The number of aromatic amines is 1. The highest BCUT2D eigenvalue weighted by molar-refractivity contribution is 6.09. The monoisotopic (exact) mass is 307 g/mol. The van der Waals surface area contributed by atoms with Gasteiger partial charge in [-0.25, -0.2) is 4.79 Å². The molecule has 0 saturated heterocycles. The Hall–Kier alpha value is -3.28. The molecular formula is C17H13N3O3. The first kappa shape index (κ1) is 14.6. The molecule has 0 bridgehead atoms. The van der Waals surface area contributed by atoms with Gasteiger partial charge in [-0.1, -0.05) is 29.8 Å². The summed E-state index contributed by atoms with van der Waals surface area (Å²) in [4.78, 5) is 37.2. The molecule has 6 heteroatoms. The minimum absolute atomic E-state index is 0.0988. The summed E-state index contributed by atoms with van der Waals surface area (Å²) < 4.78 is 1.06. The molecule has 0 aliphatic carbocycles. The average molecular weight is 307 g/mol. The lowest BCUT2D eigenvalue weighted by Crippen LogP contribution is -2.30. The van der Waals surface area contributed by atoms with Crippen molar-refractivity contribution in [3.05, 3.63) is 92.3 Å². The van der Waals surface area contributed by atoms with Crippen LogP contribution < -0.4 is 11.2 Å². The number of ketones is 1. The van der Waals surface area contributed by atoms with Gasteiger partial charge in [0, 0.05) is 11.1 Å². The number of rotatable bonds is 3. The number of hydrogen-bond acceptors (Lipinski definition) is 4. The Labute approximate surface area is 131 Å². The number of H-pyrrole nitrogens is 1. The molecule has 3 rings (SSSR count). The largest absolute Gasteiger partial charge is 0.349 e. The maximum Gasteiger partial charge on any atom is 0.349 e. The summed E-state index contributed by atoms with van der Waals surface area (Å²) in [7, 11) is 0. The fourth-order valence-electron chi connectivity index (χ4n) is 2.16. The fourth-order valence-corrected chi connectivity index (χ4v) is 2.16. The number of aromatic nitrogens is 3. The van der Waals surface area contributed by atoms with Gasteiger partial charge in [0.2, 0.25) is 0 Å². The summed E-state index contributed by atoms with van der Waals surface area (Å²) >= 11 is 0. The summed E-state index contributed by atoms with van der Waals surface area (Å²) in [6, 6.07) is 13.8. The van der Waals surface area contributed by atoms with Crippen LogP contribution in [0.1, 0.15) is 21.5 Å². The second-order valence-corrected chi connectivity index (χ2v) is 5.09. The van der Waals surface area contributed by atoms with Gasteiger partial charge in [-0.2, -0.15) is 9.78 Å². The summed E-state index contributed by atoms with van der Waals surface area (Å²) in [5.74, 6) is -0.0988. The molecule has 3 aromatic rings. The van der Waals surface area contributed by atoms with Crippen molar-refractivity contribution in [1.29, 1.82) is 0 Å². The molecule has 23 heavy (non-hydrogen) atoms.